The summed E-state index contributed by atoms with van der Waals surface area (Å²) in [6.45, 7) is 1.85. The fraction of sp³-hybridized carbons (Fsp3) is 0.0625. The fourth-order valence-corrected chi connectivity index (χ4v) is 3.03. The number of hydrogen-bond acceptors (Lipinski definition) is 4. The third kappa shape index (κ3) is 2.73. The van der Waals surface area contributed by atoms with E-state index in [4.69, 9.17) is 0 Å². The fourth-order valence-electron chi connectivity index (χ4n) is 2.01. The van der Waals surface area contributed by atoms with Gasteiger partial charge in [0.25, 0.3) is 0 Å². The van der Waals surface area contributed by atoms with Crippen LogP contribution in [0.5, 0.6) is 0 Å². The van der Waals surface area contributed by atoms with Crippen LogP contribution in [0.4, 0.5) is 0 Å². The molecule has 0 saturated heterocycles. The van der Waals surface area contributed by atoms with E-state index in [1.54, 1.807) is 12.4 Å². The molecule has 0 spiro atoms. The Bertz CT molecular complexity index is 754. The van der Waals surface area contributed by atoms with Gasteiger partial charge in [0.2, 0.25) is 0 Å². The molecule has 2 heterocycles. The van der Waals surface area contributed by atoms with Gasteiger partial charge >= 0.3 is 0 Å². The van der Waals surface area contributed by atoms with Gasteiger partial charge in [-0.25, -0.2) is 4.68 Å². The number of carbonyl (C=O) groups is 1. The highest BCUT2D eigenvalue weighted by Crippen LogP contribution is 2.32. The van der Waals surface area contributed by atoms with Crippen molar-refractivity contribution in [2.45, 2.75) is 16.8 Å². The molecule has 0 fully saturated rings. The van der Waals surface area contributed by atoms with Crippen molar-refractivity contribution in [1.29, 1.82) is 0 Å². The molecule has 0 aliphatic carbocycles. The minimum atomic E-state index is 0.626. The number of nitrogens with zero attached hydrogens (tertiary/aromatic N) is 3. The van der Waals surface area contributed by atoms with Crippen LogP contribution in [-0.4, -0.2) is 21.1 Å². The quantitative estimate of drug-likeness (QED) is 0.691. The molecule has 0 aliphatic heterocycles. The largest absolute Gasteiger partial charge is 0.298 e. The predicted molar refractivity (Wildman–Crippen MR) is 82.0 cm³/mol. The number of rotatable bonds is 4. The second-order valence-corrected chi connectivity index (χ2v) is 5.52. The molecule has 104 valence electrons. The van der Waals surface area contributed by atoms with Gasteiger partial charge < -0.3 is 0 Å². The number of hydrogen-bond donors (Lipinski definition) is 0. The summed E-state index contributed by atoms with van der Waals surface area (Å²) in [4.78, 5) is 16.4. The van der Waals surface area contributed by atoms with Crippen molar-refractivity contribution in [2.75, 3.05) is 0 Å². The lowest BCUT2D eigenvalue weighted by atomic mass is 10.3. The van der Waals surface area contributed by atoms with Crippen LogP contribution in [0.3, 0.4) is 0 Å². The van der Waals surface area contributed by atoms with Gasteiger partial charge in [-0.2, -0.15) is 5.10 Å². The average Bonchev–Trinajstić information content (AvgIpc) is 2.85. The molecule has 0 atom stereocenters. The average molecular weight is 295 g/mol. The van der Waals surface area contributed by atoms with Gasteiger partial charge in [-0.05, 0) is 31.2 Å². The first kappa shape index (κ1) is 13.6. The summed E-state index contributed by atoms with van der Waals surface area (Å²) in [5.41, 5.74) is 2.29. The first-order valence-corrected chi connectivity index (χ1v) is 7.29. The van der Waals surface area contributed by atoms with Crippen molar-refractivity contribution >= 4 is 18.0 Å². The molecule has 4 nitrogen and oxygen atoms in total. The molecular weight excluding hydrogens is 282 g/mol. The van der Waals surface area contributed by atoms with Gasteiger partial charge in [0, 0.05) is 17.3 Å². The van der Waals surface area contributed by atoms with Gasteiger partial charge in [0.15, 0.2) is 6.29 Å². The number of aldehydes is 1. The van der Waals surface area contributed by atoms with E-state index < -0.39 is 0 Å². The van der Waals surface area contributed by atoms with Crippen LogP contribution >= 0.6 is 11.8 Å². The topological polar surface area (TPSA) is 47.8 Å². The van der Waals surface area contributed by atoms with Gasteiger partial charge in [-0.1, -0.05) is 30.0 Å². The molecule has 3 rings (SSSR count). The highest BCUT2D eigenvalue weighted by Gasteiger charge is 2.17. The number of para-hydroxylation sites is 1. The van der Waals surface area contributed by atoms with Crippen molar-refractivity contribution in [2.24, 2.45) is 0 Å². The lowest BCUT2D eigenvalue weighted by Gasteiger charge is -2.07. The number of aromatic nitrogens is 3. The second-order valence-electron chi connectivity index (χ2n) is 4.45. The highest BCUT2D eigenvalue weighted by atomic mass is 32.2. The van der Waals surface area contributed by atoms with Crippen LogP contribution in [-0.2, 0) is 0 Å². The van der Waals surface area contributed by atoms with E-state index in [2.05, 4.69) is 10.1 Å². The van der Waals surface area contributed by atoms with Crippen LogP contribution in [0.25, 0.3) is 5.69 Å². The third-order valence-corrected chi connectivity index (χ3v) is 4.14. The van der Waals surface area contributed by atoms with E-state index >= 15 is 0 Å². The van der Waals surface area contributed by atoms with E-state index in [0.29, 0.717) is 5.56 Å². The maximum Gasteiger partial charge on any atom is 0.154 e. The number of carbonyl (C=O) groups excluding carboxylic acids is 1. The van der Waals surface area contributed by atoms with E-state index in [9.17, 15) is 4.79 Å². The molecule has 0 N–H and O–H groups in total. The van der Waals surface area contributed by atoms with Crippen LogP contribution < -0.4 is 0 Å². The van der Waals surface area contributed by atoms with Crippen LogP contribution in [0, 0.1) is 6.92 Å². The lowest BCUT2D eigenvalue weighted by Crippen LogP contribution is -1.98. The molecule has 0 aliphatic rings. The number of pyridine rings is 1. The Kier molecular flexibility index (Phi) is 3.83. The minimum absolute atomic E-state index is 0.626. The molecule has 0 saturated carbocycles. The molecule has 21 heavy (non-hydrogen) atoms. The Morgan fingerprint density at radius 2 is 1.81 bits per heavy atom. The Hall–Kier alpha value is -2.40. The van der Waals surface area contributed by atoms with Gasteiger partial charge in [-0.3, -0.25) is 9.78 Å². The molecule has 0 radical (unpaired) electrons. The van der Waals surface area contributed by atoms with Crippen LogP contribution in [0.1, 0.15) is 16.1 Å². The first-order valence-electron chi connectivity index (χ1n) is 6.47. The third-order valence-electron chi connectivity index (χ3n) is 3.05. The molecule has 2 aromatic heterocycles. The van der Waals surface area contributed by atoms with Crippen molar-refractivity contribution in [1.82, 2.24) is 14.8 Å². The monoisotopic (exact) mass is 295 g/mol. The van der Waals surface area contributed by atoms with Crippen LogP contribution in [0.15, 0.2) is 64.8 Å². The highest BCUT2D eigenvalue weighted by molar-refractivity contribution is 7.99. The smallest absolute Gasteiger partial charge is 0.154 e. The van der Waals surface area contributed by atoms with Gasteiger partial charge in [0.1, 0.15) is 5.03 Å². The molecule has 0 amide bonds. The molecule has 1 aromatic carbocycles. The second kappa shape index (κ2) is 5.93. The van der Waals surface area contributed by atoms with Gasteiger partial charge in [0.05, 0.1) is 16.9 Å². The predicted octanol–water partition coefficient (Wildman–Crippen LogP) is 3.54. The summed E-state index contributed by atoms with van der Waals surface area (Å²) in [5, 5.41) is 5.32. The van der Waals surface area contributed by atoms with E-state index in [1.807, 2.05) is 54.1 Å². The Morgan fingerprint density at radius 1 is 1.10 bits per heavy atom. The first-order chi connectivity index (χ1) is 10.3. The Labute approximate surface area is 126 Å². The molecule has 5 heteroatoms. The zero-order valence-corrected chi connectivity index (χ0v) is 12.2. The molecular formula is C16H13N3OS. The van der Waals surface area contributed by atoms with E-state index in [-0.39, 0.29) is 0 Å². The van der Waals surface area contributed by atoms with Crippen molar-refractivity contribution in [3.63, 3.8) is 0 Å². The lowest BCUT2D eigenvalue weighted by molar-refractivity contribution is 0.112. The van der Waals surface area contributed by atoms with Crippen LogP contribution in [0.2, 0.25) is 0 Å². The zero-order valence-electron chi connectivity index (χ0n) is 11.4. The zero-order chi connectivity index (χ0) is 14.7. The van der Waals surface area contributed by atoms with Crippen molar-refractivity contribution < 1.29 is 4.79 Å². The SMILES string of the molecule is Cc1nn(-c2ccccc2)c(Sc2ccncc2)c1C=O. The van der Waals surface area contributed by atoms with E-state index in [0.717, 1.165) is 27.6 Å². The van der Waals surface area contributed by atoms with E-state index in [1.165, 1.54) is 11.8 Å². The Balaban J connectivity index is 2.11. The minimum Gasteiger partial charge on any atom is -0.298 e. The maximum absolute atomic E-state index is 11.4. The maximum atomic E-state index is 11.4. The summed E-state index contributed by atoms with van der Waals surface area (Å²) < 4.78 is 1.81. The molecule has 0 bridgehead atoms. The van der Waals surface area contributed by atoms with Crippen molar-refractivity contribution in [3.8, 4) is 5.69 Å². The summed E-state index contributed by atoms with van der Waals surface area (Å²) in [7, 11) is 0. The van der Waals surface area contributed by atoms with Gasteiger partial charge in [-0.15, -0.1) is 0 Å². The standard InChI is InChI=1S/C16H13N3OS/c1-12-15(11-20)16(21-14-7-9-17-10-8-14)19(18-12)13-5-3-2-4-6-13/h2-11H,1H3. The van der Waals surface area contributed by atoms with Crippen molar-refractivity contribution in [3.05, 3.63) is 66.1 Å². The summed E-state index contributed by atoms with van der Waals surface area (Å²) in [6.07, 6.45) is 4.34. The number of benzene rings is 1. The number of aryl methyl sites for hydroxylation is 1. The summed E-state index contributed by atoms with van der Waals surface area (Å²) in [5.74, 6) is 0. The Morgan fingerprint density at radius 3 is 2.48 bits per heavy atom. The normalized spacial score (nSPS) is 10.5. The molecule has 3 aromatic rings. The summed E-state index contributed by atoms with van der Waals surface area (Å²) >= 11 is 1.51. The summed E-state index contributed by atoms with van der Waals surface area (Å²) in [6, 6.07) is 13.6. The molecule has 0 unspecified atom stereocenters.